The number of fused-ring (bicyclic) bond motifs is 1. The minimum absolute atomic E-state index is 0.0683. The minimum atomic E-state index is -0.397. The number of anilines is 1. The molecular formula is C26H29Cl2N5O5S2. The Labute approximate surface area is 250 Å². The van der Waals surface area contributed by atoms with Gasteiger partial charge >= 0.3 is 5.97 Å². The Morgan fingerprint density at radius 2 is 1.93 bits per heavy atom. The maximum Gasteiger partial charge on any atom is 0.341 e. The van der Waals surface area contributed by atoms with Crippen molar-refractivity contribution in [1.82, 2.24) is 20.1 Å². The normalized spacial score (nSPS) is 12.8. The predicted octanol–water partition coefficient (Wildman–Crippen LogP) is 5.06. The zero-order valence-corrected chi connectivity index (χ0v) is 25.2. The van der Waals surface area contributed by atoms with E-state index in [1.165, 1.54) is 29.2 Å². The van der Waals surface area contributed by atoms with Crippen molar-refractivity contribution >= 4 is 69.1 Å². The van der Waals surface area contributed by atoms with Crippen LogP contribution in [0.4, 0.5) is 5.00 Å². The molecule has 40 heavy (non-hydrogen) atoms. The van der Waals surface area contributed by atoms with E-state index < -0.39 is 5.97 Å². The summed E-state index contributed by atoms with van der Waals surface area (Å²) < 4.78 is 12.4. The summed E-state index contributed by atoms with van der Waals surface area (Å²) in [6.07, 6.45) is 4.91. The molecule has 0 unspecified atom stereocenters. The largest absolute Gasteiger partial charge is 0.482 e. The van der Waals surface area contributed by atoms with Crippen LogP contribution in [0, 0.1) is 0 Å². The van der Waals surface area contributed by atoms with Gasteiger partial charge in [0.2, 0.25) is 5.91 Å². The number of nitrogens with zero attached hydrogens (tertiary/aromatic N) is 3. The summed E-state index contributed by atoms with van der Waals surface area (Å²) in [5, 5.41) is 15.7. The molecule has 0 bridgehead atoms. The van der Waals surface area contributed by atoms with Crippen molar-refractivity contribution in [2.45, 2.75) is 50.7 Å². The van der Waals surface area contributed by atoms with E-state index in [0.29, 0.717) is 37.3 Å². The summed E-state index contributed by atoms with van der Waals surface area (Å²) in [4.78, 5) is 38.9. The van der Waals surface area contributed by atoms with Gasteiger partial charge in [-0.25, -0.2) is 4.79 Å². The smallest absolute Gasteiger partial charge is 0.341 e. The number of thioether (sulfide) groups is 1. The molecule has 2 aromatic heterocycles. The van der Waals surface area contributed by atoms with Crippen LogP contribution in [0.1, 0.15) is 52.8 Å². The van der Waals surface area contributed by atoms with Crippen LogP contribution in [-0.2, 0) is 40.8 Å². The van der Waals surface area contributed by atoms with Crippen molar-refractivity contribution in [2.24, 2.45) is 7.05 Å². The Bertz CT molecular complexity index is 1390. The SMILES string of the molecule is CCOC(=O)c1c(NC(=O)CSc2nnc(CNC(=O)COc3ccc(Cl)cc3Cl)n2C)sc2c1CCCCC2. The van der Waals surface area contributed by atoms with Crippen molar-refractivity contribution in [3.05, 3.63) is 50.1 Å². The number of ether oxygens (including phenoxy) is 2. The van der Waals surface area contributed by atoms with E-state index in [4.69, 9.17) is 32.7 Å². The molecule has 14 heteroatoms. The van der Waals surface area contributed by atoms with E-state index >= 15 is 0 Å². The highest BCUT2D eigenvalue weighted by molar-refractivity contribution is 7.99. The maximum absolute atomic E-state index is 12.8. The Morgan fingerprint density at radius 3 is 2.70 bits per heavy atom. The number of aryl methyl sites for hydroxylation is 1. The highest BCUT2D eigenvalue weighted by Crippen LogP contribution is 2.38. The number of benzene rings is 1. The number of amides is 2. The average molecular weight is 627 g/mol. The first-order chi connectivity index (χ1) is 19.3. The molecule has 2 heterocycles. The minimum Gasteiger partial charge on any atom is -0.482 e. The van der Waals surface area contributed by atoms with Gasteiger partial charge in [0.1, 0.15) is 10.8 Å². The molecule has 0 fully saturated rings. The molecule has 1 aliphatic carbocycles. The monoisotopic (exact) mass is 625 g/mol. The molecule has 10 nitrogen and oxygen atoms in total. The summed E-state index contributed by atoms with van der Waals surface area (Å²) in [6, 6.07) is 4.74. The summed E-state index contributed by atoms with van der Waals surface area (Å²) >= 11 is 14.6. The molecule has 0 saturated heterocycles. The number of carbonyl (C=O) groups is 3. The van der Waals surface area contributed by atoms with Gasteiger partial charge in [0.15, 0.2) is 17.6 Å². The molecule has 214 valence electrons. The number of halogens is 2. The first kappa shape index (κ1) is 30.2. The second-order valence-corrected chi connectivity index (χ2v) is 11.8. The second-order valence-electron chi connectivity index (χ2n) is 8.92. The Hall–Kier alpha value is -2.80. The second kappa shape index (κ2) is 14.2. The zero-order valence-electron chi connectivity index (χ0n) is 22.1. The van der Waals surface area contributed by atoms with Crippen molar-refractivity contribution < 1.29 is 23.9 Å². The lowest BCUT2D eigenvalue weighted by Gasteiger charge is -2.09. The summed E-state index contributed by atoms with van der Waals surface area (Å²) in [5.41, 5.74) is 1.49. The lowest BCUT2D eigenvalue weighted by molar-refractivity contribution is -0.123. The Kier molecular flexibility index (Phi) is 10.7. The fraction of sp³-hybridized carbons (Fsp3) is 0.423. The first-order valence-corrected chi connectivity index (χ1v) is 15.3. The Morgan fingerprint density at radius 1 is 1.12 bits per heavy atom. The van der Waals surface area contributed by atoms with Gasteiger partial charge in [-0.3, -0.25) is 9.59 Å². The first-order valence-electron chi connectivity index (χ1n) is 12.7. The Balaban J connectivity index is 1.30. The molecule has 1 aliphatic rings. The van der Waals surface area contributed by atoms with Gasteiger partial charge in [0.25, 0.3) is 5.91 Å². The van der Waals surface area contributed by atoms with Gasteiger partial charge < -0.3 is 24.7 Å². The van der Waals surface area contributed by atoms with E-state index in [1.807, 2.05) is 0 Å². The van der Waals surface area contributed by atoms with Gasteiger partial charge in [-0.15, -0.1) is 21.5 Å². The van der Waals surface area contributed by atoms with Crippen molar-refractivity contribution in [3.63, 3.8) is 0 Å². The van der Waals surface area contributed by atoms with E-state index in [0.717, 1.165) is 42.5 Å². The molecule has 2 N–H and O–H groups in total. The number of rotatable bonds is 11. The van der Waals surface area contributed by atoms with Gasteiger partial charge in [0, 0.05) is 16.9 Å². The summed E-state index contributed by atoms with van der Waals surface area (Å²) in [5.74, 6) is -0.0979. The fourth-order valence-corrected chi connectivity index (χ4v) is 6.62. The molecule has 1 aromatic carbocycles. The zero-order chi connectivity index (χ0) is 28.6. The van der Waals surface area contributed by atoms with Crippen LogP contribution in [0.5, 0.6) is 5.75 Å². The molecule has 0 saturated carbocycles. The standard InChI is InChI=1S/C26H29Cl2N5O5S2/c1-3-37-25(36)23-16-7-5-4-6-8-19(16)40-24(23)30-22(35)14-39-26-32-31-20(33(26)2)12-29-21(34)13-38-18-10-9-15(27)11-17(18)28/h9-11H,3-8,12-14H2,1-2H3,(H,29,34)(H,30,35). The fourth-order valence-electron chi connectivity index (χ4n) is 4.13. The molecule has 0 aliphatic heterocycles. The molecular weight excluding hydrogens is 597 g/mol. The topological polar surface area (TPSA) is 124 Å². The highest BCUT2D eigenvalue weighted by atomic mass is 35.5. The average Bonchev–Trinajstić information content (AvgIpc) is 3.35. The number of hydrogen-bond acceptors (Lipinski definition) is 9. The molecule has 3 aromatic rings. The van der Waals surface area contributed by atoms with Crippen LogP contribution in [0.25, 0.3) is 0 Å². The molecule has 0 spiro atoms. The number of carbonyl (C=O) groups excluding carboxylic acids is 3. The number of thiophene rings is 1. The van der Waals surface area contributed by atoms with Crippen LogP contribution in [0.2, 0.25) is 10.0 Å². The molecule has 0 radical (unpaired) electrons. The van der Waals surface area contributed by atoms with Crippen LogP contribution in [-0.4, -0.2) is 51.5 Å². The van der Waals surface area contributed by atoms with Crippen molar-refractivity contribution in [1.29, 1.82) is 0 Å². The third-order valence-electron chi connectivity index (χ3n) is 6.11. The van der Waals surface area contributed by atoms with Gasteiger partial charge in [-0.1, -0.05) is 41.4 Å². The lowest BCUT2D eigenvalue weighted by atomic mass is 10.1. The third-order valence-corrected chi connectivity index (χ3v) is 8.87. The maximum atomic E-state index is 12.8. The van der Waals surface area contributed by atoms with Crippen LogP contribution in [0.3, 0.4) is 0 Å². The third kappa shape index (κ3) is 7.68. The number of nitrogens with one attached hydrogen (secondary N) is 2. The van der Waals surface area contributed by atoms with E-state index in [-0.39, 0.29) is 37.3 Å². The summed E-state index contributed by atoms with van der Waals surface area (Å²) in [7, 11) is 1.75. The molecule has 0 atom stereocenters. The number of esters is 1. The molecule has 2 amide bonds. The van der Waals surface area contributed by atoms with Gasteiger partial charge in [0.05, 0.1) is 29.5 Å². The van der Waals surface area contributed by atoms with E-state index in [2.05, 4.69) is 20.8 Å². The van der Waals surface area contributed by atoms with E-state index in [9.17, 15) is 14.4 Å². The van der Waals surface area contributed by atoms with E-state index in [1.54, 1.807) is 30.7 Å². The van der Waals surface area contributed by atoms with Crippen LogP contribution in [0.15, 0.2) is 23.4 Å². The quantitative estimate of drug-likeness (QED) is 0.172. The van der Waals surface area contributed by atoms with Gasteiger partial charge in [-0.05, 0) is 56.4 Å². The van der Waals surface area contributed by atoms with Crippen molar-refractivity contribution in [2.75, 3.05) is 24.3 Å². The van der Waals surface area contributed by atoms with Gasteiger partial charge in [-0.2, -0.15) is 0 Å². The summed E-state index contributed by atoms with van der Waals surface area (Å²) in [6.45, 7) is 1.92. The number of hydrogen-bond donors (Lipinski definition) is 2. The predicted molar refractivity (Wildman–Crippen MR) is 156 cm³/mol. The van der Waals surface area contributed by atoms with Crippen molar-refractivity contribution in [3.8, 4) is 5.75 Å². The number of aromatic nitrogens is 3. The molecule has 4 rings (SSSR count). The van der Waals surface area contributed by atoms with Crippen LogP contribution < -0.4 is 15.4 Å². The lowest BCUT2D eigenvalue weighted by Crippen LogP contribution is -2.29. The highest BCUT2D eigenvalue weighted by Gasteiger charge is 2.26. The van der Waals surface area contributed by atoms with Crippen LogP contribution >= 0.6 is 46.3 Å².